The number of nitrogens with one attached hydrogen (secondary N) is 2. The van der Waals surface area contributed by atoms with E-state index in [0.717, 1.165) is 10.6 Å². The van der Waals surface area contributed by atoms with E-state index in [1.165, 1.54) is 22.1 Å². The number of hydrogen-bond acceptors (Lipinski definition) is 6. The highest BCUT2D eigenvalue weighted by atomic mass is 35.5. The minimum atomic E-state index is -0.809. The second-order valence-electron chi connectivity index (χ2n) is 7.50. The van der Waals surface area contributed by atoms with E-state index in [1.54, 1.807) is 30.7 Å². The fourth-order valence-corrected chi connectivity index (χ4v) is 4.52. The first kappa shape index (κ1) is 24.7. The number of aryl methyl sites for hydroxylation is 1. The van der Waals surface area contributed by atoms with Crippen molar-refractivity contribution < 1.29 is 19.5 Å². The molecule has 0 radical (unpaired) electrons. The largest absolute Gasteiger partial charge is 0.486 e. The molecule has 0 aliphatic rings. The van der Waals surface area contributed by atoms with Crippen LogP contribution in [0, 0.1) is 0 Å². The zero-order valence-corrected chi connectivity index (χ0v) is 20.7. The molecule has 0 spiro atoms. The van der Waals surface area contributed by atoms with E-state index < -0.39 is 11.8 Å². The molecule has 0 unspecified atom stereocenters. The lowest BCUT2D eigenvalue weighted by Gasteiger charge is -2.11. The van der Waals surface area contributed by atoms with Gasteiger partial charge in [0.05, 0.1) is 22.3 Å². The van der Waals surface area contributed by atoms with E-state index in [2.05, 4.69) is 10.3 Å². The molecule has 3 N–H and O–H groups in total. The summed E-state index contributed by atoms with van der Waals surface area (Å²) in [5.74, 6) is -1.26. The standard InChI is InChI=1S/C24H20Cl2N4O4S/c1-30-11-17(22(31)29-33)21(34-12-14-7-8-18(25)19(26)9-14)20(30)23(32)27-10-16-13-35-24(28-16)15-5-3-2-4-6-15/h2-9,11,13,33H,10,12H2,1H3,(H,27,32)(H,29,31). The number of nitrogens with zero attached hydrogens (tertiary/aromatic N) is 2. The molecule has 4 aromatic rings. The fourth-order valence-electron chi connectivity index (χ4n) is 3.38. The number of carbonyl (C=O) groups is 2. The maximum Gasteiger partial charge on any atom is 0.279 e. The van der Waals surface area contributed by atoms with Gasteiger partial charge in [-0.3, -0.25) is 14.8 Å². The molecule has 0 saturated carbocycles. The second-order valence-corrected chi connectivity index (χ2v) is 9.17. The third-order valence-corrected chi connectivity index (χ3v) is 6.75. The summed E-state index contributed by atoms with van der Waals surface area (Å²) in [5, 5.41) is 15.4. The van der Waals surface area contributed by atoms with Crippen molar-refractivity contribution in [2.45, 2.75) is 13.2 Å². The Morgan fingerprint density at radius 2 is 1.89 bits per heavy atom. The van der Waals surface area contributed by atoms with Crippen LogP contribution in [0.5, 0.6) is 5.75 Å². The number of amides is 2. The molecule has 180 valence electrons. The van der Waals surface area contributed by atoms with Gasteiger partial charge in [-0.15, -0.1) is 11.3 Å². The maximum absolute atomic E-state index is 13.1. The molecule has 2 amide bonds. The molecule has 0 saturated heterocycles. The van der Waals surface area contributed by atoms with Gasteiger partial charge in [-0.05, 0) is 17.7 Å². The van der Waals surface area contributed by atoms with Crippen LogP contribution in [0.15, 0.2) is 60.1 Å². The molecule has 4 rings (SSSR count). The van der Waals surface area contributed by atoms with Crippen LogP contribution in [-0.2, 0) is 20.2 Å². The van der Waals surface area contributed by atoms with Gasteiger partial charge in [0.1, 0.15) is 22.9 Å². The van der Waals surface area contributed by atoms with Crippen LogP contribution < -0.4 is 15.5 Å². The van der Waals surface area contributed by atoms with E-state index in [4.69, 9.17) is 33.1 Å². The molecule has 0 aliphatic heterocycles. The summed E-state index contributed by atoms with van der Waals surface area (Å²) >= 11 is 13.5. The molecule has 0 fully saturated rings. The molecule has 2 aromatic carbocycles. The molecule has 2 heterocycles. The summed E-state index contributed by atoms with van der Waals surface area (Å²) in [6.45, 7) is 0.195. The Bertz CT molecular complexity index is 1370. The van der Waals surface area contributed by atoms with E-state index in [0.29, 0.717) is 21.3 Å². The second kappa shape index (κ2) is 10.9. The Balaban J connectivity index is 1.53. The predicted octanol–water partition coefficient (Wildman–Crippen LogP) is 5.08. The van der Waals surface area contributed by atoms with Crippen LogP contribution in [0.1, 0.15) is 32.1 Å². The van der Waals surface area contributed by atoms with Crippen molar-refractivity contribution in [1.29, 1.82) is 0 Å². The van der Waals surface area contributed by atoms with Gasteiger partial charge in [0.2, 0.25) is 0 Å². The SMILES string of the molecule is Cn1cc(C(=O)NO)c(OCc2ccc(Cl)c(Cl)c2)c1C(=O)NCc1csc(-c2ccccc2)n1. The van der Waals surface area contributed by atoms with Gasteiger partial charge < -0.3 is 14.6 Å². The van der Waals surface area contributed by atoms with E-state index in [-0.39, 0.29) is 30.2 Å². The van der Waals surface area contributed by atoms with Gasteiger partial charge in [0.15, 0.2) is 5.75 Å². The highest BCUT2D eigenvalue weighted by Gasteiger charge is 2.26. The van der Waals surface area contributed by atoms with Crippen LogP contribution in [0.2, 0.25) is 10.0 Å². The average molecular weight is 531 g/mol. The minimum absolute atomic E-state index is 0.000215. The Labute approximate surface area is 215 Å². The zero-order valence-electron chi connectivity index (χ0n) is 18.4. The van der Waals surface area contributed by atoms with Gasteiger partial charge in [-0.1, -0.05) is 59.6 Å². The zero-order chi connectivity index (χ0) is 24.9. The Hall–Kier alpha value is -3.37. The number of ether oxygens (including phenoxy) is 1. The molecule has 0 bridgehead atoms. The number of benzene rings is 2. The van der Waals surface area contributed by atoms with Crippen molar-refractivity contribution in [3.8, 4) is 16.3 Å². The molecule has 11 heteroatoms. The normalized spacial score (nSPS) is 10.7. The van der Waals surface area contributed by atoms with Gasteiger partial charge >= 0.3 is 0 Å². The smallest absolute Gasteiger partial charge is 0.279 e. The van der Waals surface area contributed by atoms with E-state index >= 15 is 0 Å². The number of aromatic nitrogens is 2. The van der Waals surface area contributed by atoms with Crippen molar-refractivity contribution in [1.82, 2.24) is 20.3 Å². The highest BCUT2D eigenvalue weighted by Crippen LogP contribution is 2.29. The lowest BCUT2D eigenvalue weighted by molar-refractivity contribution is 0.0702. The number of thiazole rings is 1. The van der Waals surface area contributed by atoms with Crippen LogP contribution >= 0.6 is 34.5 Å². The summed E-state index contributed by atoms with van der Waals surface area (Å²) in [5.41, 5.74) is 4.07. The molecule has 0 aliphatic carbocycles. The first-order chi connectivity index (χ1) is 16.9. The Morgan fingerprint density at radius 1 is 1.11 bits per heavy atom. The third kappa shape index (κ3) is 5.66. The summed E-state index contributed by atoms with van der Waals surface area (Å²) in [6.07, 6.45) is 1.40. The molecular formula is C24H20Cl2N4O4S. The lowest BCUT2D eigenvalue weighted by Crippen LogP contribution is -2.26. The van der Waals surface area contributed by atoms with E-state index in [1.807, 2.05) is 35.7 Å². The lowest BCUT2D eigenvalue weighted by atomic mass is 10.2. The molecule has 35 heavy (non-hydrogen) atoms. The molecule has 8 nitrogen and oxygen atoms in total. The minimum Gasteiger partial charge on any atom is -0.486 e. The van der Waals surface area contributed by atoms with Crippen molar-refractivity contribution in [2.24, 2.45) is 7.05 Å². The third-order valence-electron chi connectivity index (χ3n) is 5.07. The Morgan fingerprint density at radius 3 is 2.60 bits per heavy atom. The number of rotatable bonds is 8. The van der Waals surface area contributed by atoms with E-state index in [9.17, 15) is 9.59 Å². The van der Waals surface area contributed by atoms with Crippen LogP contribution in [0.4, 0.5) is 0 Å². The van der Waals surface area contributed by atoms with Crippen molar-refractivity contribution in [3.05, 3.63) is 92.7 Å². The topological polar surface area (TPSA) is 105 Å². The summed E-state index contributed by atoms with van der Waals surface area (Å²) in [7, 11) is 1.60. The van der Waals surface area contributed by atoms with Crippen LogP contribution in [0.25, 0.3) is 10.6 Å². The summed E-state index contributed by atoms with van der Waals surface area (Å²) < 4.78 is 7.32. The van der Waals surface area contributed by atoms with Crippen molar-refractivity contribution in [2.75, 3.05) is 0 Å². The average Bonchev–Trinajstić information content (AvgIpc) is 3.47. The number of hydrogen-bond donors (Lipinski definition) is 3. The maximum atomic E-state index is 13.1. The quantitative estimate of drug-likeness (QED) is 0.217. The molecular weight excluding hydrogens is 511 g/mol. The number of carbonyl (C=O) groups excluding carboxylic acids is 2. The predicted molar refractivity (Wildman–Crippen MR) is 134 cm³/mol. The van der Waals surface area contributed by atoms with Gasteiger partial charge in [0, 0.05) is 24.2 Å². The first-order valence-electron chi connectivity index (χ1n) is 10.4. The van der Waals surface area contributed by atoms with Crippen molar-refractivity contribution in [3.63, 3.8) is 0 Å². The fraction of sp³-hybridized carbons (Fsp3) is 0.125. The van der Waals surface area contributed by atoms with Crippen LogP contribution in [0.3, 0.4) is 0 Å². The monoisotopic (exact) mass is 530 g/mol. The van der Waals surface area contributed by atoms with Gasteiger partial charge in [-0.25, -0.2) is 10.5 Å². The molecule has 2 aromatic heterocycles. The summed E-state index contributed by atoms with van der Waals surface area (Å²) in [4.78, 5) is 29.9. The van der Waals surface area contributed by atoms with Crippen LogP contribution in [-0.4, -0.2) is 26.6 Å². The van der Waals surface area contributed by atoms with Gasteiger partial charge in [-0.2, -0.15) is 0 Å². The first-order valence-corrected chi connectivity index (χ1v) is 12.0. The summed E-state index contributed by atoms with van der Waals surface area (Å²) in [6, 6.07) is 14.7. The highest BCUT2D eigenvalue weighted by molar-refractivity contribution is 7.13. The van der Waals surface area contributed by atoms with Gasteiger partial charge in [0.25, 0.3) is 11.8 Å². The Kier molecular flexibility index (Phi) is 7.72. The molecule has 0 atom stereocenters. The number of hydroxylamine groups is 1. The van der Waals surface area contributed by atoms with Crippen molar-refractivity contribution >= 4 is 46.4 Å². The number of halogens is 2.